The maximum absolute atomic E-state index is 12.6. The summed E-state index contributed by atoms with van der Waals surface area (Å²) in [6.07, 6.45) is 3.29. The Hall–Kier alpha value is -4.46. The van der Waals surface area contributed by atoms with Crippen LogP contribution in [0.3, 0.4) is 0 Å². The van der Waals surface area contributed by atoms with Crippen molar-refractivity contribution in [3.05, 3.63) is 101 Å². The third kappa shape index (κ3) is 3.81. The molecule has 0 bridgehead atoms. The first-order valence-corrected chi connectivity index (χ1v) is 10.1. The molecule has 0 aliphatic rings. The fourth-order valence-electron chi connectivity index (χ4n) is 3.49. The Morgan fingerprint density at radius 3 is 2.69 bits per heavy atom. The molecular weight excluding hydrogens is 406 g/mol. The van der Waals surface area contributed by atoms with Crippen LogP contribution in [0.1, 0.15) is 10.4 Å². The molecule has 0 atom stereocenters. The average Bonchev–Trinajstić information content (AvgIpc) is 3.51. The van der Waals surface area contributed by atoms with Crippen LogP contribution in [0.15, 0.2) is 94.6 Å². The van der Waals surface area contributed by atoms with Crippen LogP contribution in [0.2, 0.25) is 0 Å². The van der Waals surface area contributed by atoms with Gasteiger partial charge in [-0.1, -0.05) is 18.2 Å². The molecule has 0 saturated heterocycles. The molecule has 1 amide bonds. The summed E-state index contributed by atoms with van der Waals surface area (Å²) in [6.45, 7) is 0.494. The van der Waals surface area contributed by atoms with Gasteiger partial charge in [-0.05, 0) is 48.5 Å². The van der Waals surface area contributed by atoms with Gasteiger partial charge in [0.2, 0.25) is 0 Å². The molecule has 3 heterocycles. The van der Waals surface area contributed by atoms with E-state index in [0.717, 1.165) is 16.7 Å². The Kier molecular flexibility index (Phi) is 5.09. The van der Waals surface area contributed by atoms with Gasteiger partial charge in [0.15, 0.2) is 5.76 Å². The SMILES string of the molecule is O=C(NCCn1nc(-c2ccco2)ccc1=O)c1ccc2c(c1)ncn2-c1ccccc1. The molecule has 5 aromatic rings. The summed E-state index contributed by atoms with van der Waals surface area (Å²) in [5.74, 6) is 0.336. The second-order valence-electron chi connectivity index (χ2n) is 7.17. The second-order valence-corrected chi connectivity index (χ2v) is 7.17. The number of hydrogen-bond donors (Lipinski definition) is 1. The van der Waals surface area contributed by atoms with E-state index in [9.17, 15) is 9.59 Å². The smallest absolute Gasteiger partial charge is 0.266 e. The van der Waals surface area contributed by atoms with E-state index < -0.39 is 0 Å². The number of fused-ring (bicyclic) bond motifs is 1. The molecule has 0 aliphatic carbocycles. The zero-order valence-electron chi connectivity index (χ0n) is 17.0. The van der Waals surface area contributed by atoms with Gasteiger partial charge in [0.1, 0.15) is 12.0 Å². The summed E-state index contributed by atoms with van der Waals surface area (Å²) in [5, 5.41) is 7.14. The number of rotatable bonds is 6. The monoisotopic (exact) mass is 425 g/mol. The van der Waals surface area contributed by atoms with Crippen molar-refractivity contribution in [3.8, 4) is 17.1 Å². The lowest BCUT2D eigenvalue weighted by Crippen LogP contribution is -2.31. The molecule has 5 rings (SSSR count). The van der Waals surface area contributed by atoms with E-state index in [-0.39, 0.29) is 24.6 Å². The van der Waals surface area contributed by atoms with Crippen molar-refractivity contribution in [2.24, 2.45) is 0 Å². The van der Waals surface area contributed by atoms with E-state index in [2.05, 4.69) is 15.4 Å². The molecule has 8 heteroatoms. The average molecular weight is 425 g/mol. The first-order valence-electron chi connectivity index (χ1n) is 10.1. The minimum atomic E-state index is -0.248. The third-order valence-corrected chi connectivity index (χ3v) is 5.09. The van der Waals surface area contributed by atoms with Crippen LogP contribution in [-0.4, -0.2) is 31.8 Å². The van der Waals surface area contributed by atoms with Crippen molar-refractivity contribution in [2.45, 2.75) is 6.54 Å². The van der Waals surface area contributed by atoms with Crippen LogP contribution in [0.5, 0.6) is 0 Å². The van der Waals surface area contributed by atoms with Gasteiger partial charge in [0.05, 0.1) is 23.8 Å². The number of carbonyl (C=O) groups is 1. The normalized spacial score (nSPS) is 11.0. The van der Waals surface area contributed by atoms with Gasteiger partial charge in [0, 0.05) is 23.9 Å². The van der Waals surface area contributed by atoms with Gasteiger partial charge in [-0.2, -0.15) is 5.10 Å². The predicted octanol–water partition coefficient (Wildman–Crippen LogP) is 3.27. The van der Waals surface area contributed by atoms with Crippen LogP contribution < -0.4 is 10.9 Å². The van der Waals surface area contributed by atoms with E-state index in [0.29, 0.717) is 17.0 Å². The van der Waals surface area contributed by atoms with E-state index in [1.165, 1.54) is 10.7 Å². The van der Waals surface area contributed by atoms with E-state index in [1.54, 1.807) is 42.9 Å². The molecule has 0 fully saturated rings. The number of benzene rings is 2. The molecule has 8 nitrogen and oxygen atoms in total. The standard InChI is InChI=1S/C24H19N5O3/c30-23-11-9-19(22-7-4-14-32-22)27-29(23)13-12-25-24(31)17-8-10-21-20(15-17)26-16-28(21)18-5-2-1-3-6-18/h1-11,14-16H,12-13H2,(H,25,31). The first-order chi connectivity index (χ1) is 15.7. The lowest BCUT2D eigenvalue weighted by atomic mass is 10.2. The van der Waals surface area contributed by atoms with Crippen LogP contribution >= 0.6 is 0 Å². The summed E-state index contributed by atoms with van der Waals surface area (Å²) >= 11 is 0. The lowest BCUT2D eigenvalue weighted by molar-refractivity contribution is 0.0952. The minimum Gasteiger partial charge on any atom is -0.463 e. The molecule has 1 N–H and O–H groups in total. The number of hydrogen-bond acceptors (Lipinski definition) is 5. The fraction of sp³-hybridized carbons (Fsp3) is 0.0833. The van der Waals surface area contributed by atoms with Crippen LogP contribution in [0.25, 0.3) is 28.2 Å². The number of amides is 1. The maximum atomic E-state index is 12.6. The maximum Gasteiger partial charge on any atom is 0.266 e. The number of furan rings is 1. The largest absolute Gasteiger partial charge is 0.463 e. The molecule has 3 aromatic heterocycles. The molecule has 0 aliphatic heterocycles. The number of nitrogens with zero attached hydrogens (tertiary/aromatic N) is 4. The highest BCUT2D eigenvalue weighted by Gasteiger charge is 2.11. The van der Waals surface area contributed by atoms with Crippen molar-refractivity contribution in [1.29, 1.82) is 0 Å². The fourth-order valence-corrected chi connectivity index (χ4v) is 3.49. The Morgan fingerprint density at radius 2 is 1.88 bits per heavy atom. The second kappa shape index (κ2) is 8.35. The summed E-state index contributed by atoms with van der Waals surface area (Å²) in [6, 6.07) is 21.9. The Balaban J connectivity index is 1.28. The highest BCUT2D eigenvalue weighted by atomic mass is 16.3. The summed E-state index contributed by atoms with van der Waals surface area (Å²) in [7, 11) is 0. The summed E-state index contributed by atoms with van der Waals surface area (Å²) in [4.78, 5) is 29.2. The third-order valence-electron chi connectivity index (χ3n) is 5.09. The number of aromatic nitrogens is 4. The first kappa shape index (κ1) is 19.5. The lowest BCUT2D eigenvalue weighted by Gasteiger charge is -2.08. The molecule has 158 valence electrons. The minimum absolute atomic E-state index is 0.239. The van der Waals surface area contributed by atoms with Crippen molar-refractivity contribution in [1.82, 2.24) is 24.6 Å². The van der Waals surface area contributed by atoms with Crippen molar-refractivity contribution in [2.75, 3.05) is 6.54 Å². The summed E-state index contributed by atoms with van der Waals surface area (Å²) in [5.41, 5.74) is 3.45. The van der Waals surface area contributed by atoms with Crippen LogP contribution in [-0.2, 0) is 6.54 Å². The van der Waals surface area contributed by atoms with Gasteiger partial charge < -0.3 is 9.73 Å². The zero-order chi connectivity index (χ0) is 21.9. The molecule has 2 aromatic carbocycles. The van der Waals surface area contributed by atoms with Gasteiger partial charge >= 0.3 is 0 Å². The predicted molar refractivity (Wildman–Crippen MR) is 120 cm³/mol. The number of imidazole rings is 1. The molecule has 0 unspecified atom stereocenters. The molecule has 0 radical (unpaired) electrons. The molecule has 0 saturated carbocycles. The van der Waals surface area contributed by atoms with E-state index in [1.807, 2.05) is 41.0 Å². The quantitative estimate of drug-likeness (QED) is 0.451. The van der Waals surface area contributed by atoms with Crippen molar-refractivity contribution >= 4 is 16.9 Å². The molecular formula is C24H19N5O3. The Labute approximate surface area is 182 Å². The number of nitrogens with one attached hydrogen (secondary N) is 1. The van der Waals surface area contributed by atoms with Crippen LogP contribution in [0.4, 0.5) is 0 Å². The van der Waals surface area contributed by atoms with Gasteiger partial charge in [-0.15, -0.1) is 0 Å². The molecule has 32 heavy (non-hydrogen) atoms. The highest BCUT2D eigenvalue weighted by Crippen LogP contribution is 2.19. The molecule has 0 spiro atoms. The highest BCUT2D eigenvalue weighted by molar-refractivity contribution is 5.97. The summed E-state index contributed by atoms with van der Waals surface area (Å²) < 4.78 is 8.61. The van der Waals surface area contributed by atoms with E-state index in [4.69, 9.17) is 4.42 Å². The van der Waals surface area contributed by atoms with Crippen molar-refractivity contribution < 1.29 is 9.21 Å². The van der Waals surface area contributed by atoms with Gasteiger partial charge in [0.25, 0.3) is 11.5 Å². The Morgan fingerprint density at radius 1 is 1.00 bits per heavy atom. The van der Waals surface area contributed by atoms with E-state index >= 15 is 0 Å². The topological polar surface area (TPSA) is 94.9 Å². The van der Waals surface area contributed by atoms with Gasteiger partial charge in [-0.25, -0.2) is 9.67 Å². The van der Waals surface area contributed by atoms with Crippen molar-refractivity contribution in [3.63, 3.8) is 0 Å². The number of para-hydroxylation sites is 1. The van der Waals surface area contributed by atoms with Gasteiger partial charge in [-0.3, -0.25) is 14.2 Å². The van der Waals surface area contributed by atoms with Crippen LogP contribution in [0, 0.1) is 0 Å². The number of carbonyl (C=O) groups excluding carboxylic acids is 1. The Bertz CT molecular complexity index is 1440. The zero-order valence-corrected chi connectivity index (χ0v) is 17.0.